The maximum absolute atomic E-state index is 12.1. The Labute approximate surface area is 112 Å². The lowest BCUT2D eigenvalue weighted by Gasteiger charge is -2.18. The highest BCUT2D eigenvalue weighted by Crippen LogP contribution is 2.08. The van der Waals surface area contributed by atoms with Gasteiger partial charge < -0.3 is 15.7 Å². The molecule has 0 fully saturated rings. The minimum absolute atomic E-state index is 0.204. The van der Waals surface area contributed by atoms with Crippen LogP contribution in [-0.4, -0.2) is 41.5 Å². The molecule has 1 amide bonds. The lowest BCUT2D eigenvalue weighted by Crippen LogP contribution is -2.35. The Morgan fingerprint density at radius 3 is 2.42 bits per heavy atom. The van der Waals surface area contributed by atoms with Crippen LogP contribution < -0.4 is 5.73 Å². The van der Waals surface area contributed by atoms with Crippen molar-refractivity contribution < 1.29 is 14.7 Å². The summed E-state index contributed by atoms with van der Waals surface area (Å²) in [4.78, 5) is 24.1. The molecule has 3 N–H and O–H groups in total. The summed E-state index contributed by atoms with van der Waals surface area (Å²) < 4.78 is 0. The van der Waals surface area contributed by atoms with Crippen molar-refractivity contribution in [2.24, 2.45) is 5.73 Å². The van der Waals surface area contributed by atoms with E-state index in [1.807, 2.05) is 12.1 Å². The van der Waals surface area contributed by atoms with Crippen LogP contribution in [0.25, 0.3) is 0 Å². The Balaban J connectivity index is 2.83. The largest absolute Gasteiger partial charge is 0.480 e. The van der Waals surface area contributed by atoms with E-state index in [0.29, 0.717) is 12.1 Å². The molecule has 0 aliphatic heterocycles. The fourth-order valence-corrected chi connectivity index (χ4v) is 1.70. The van der Waals surface area contributed by atoms with Gasteiger partial charge in [-0.3, -0.25) is 9.59 Å². The van der Waals surface area contributed by atoms with Crippen LogP contribution in [0.2, 0.25) is 0 Å². The number of rotatable bonds is 7. The molecule has 0 bridgehead atoms. The molecular formula is C14H18N2O3. The fraction of sp³-hybridized carbons (Fsp3) is 0.286. The molecule has 0 aliphatic rings. The highest BCUT2D eigenvalue weighted by atomic mass is 16.4. The Morgan fingerprint density at radius 1 is 1.32 bits per heavy atom. The molecule has 0 spiro atoms. The van der Waals surface area contributed by atoms with E-state index in [4.69, 9.17) is 10.8 Å². The minimum Gasteiger partial charge on any atom is -0.480 e. The zero-order chi connectivity index (χ0) is 14.3. The Hall–Kier alpha value is -2.14. The molecule has 0 heterocycles. The van der Waals surface area contributed by atoms with Crippen molar-refractivity contribution in [3.8, 4) is 0 Å². The molecule has 1 rings (SSSR count). The summed E-state index contributed by atoms with van der Waals surface area (Å²) in [6, 6.07) is 7.02. The van der Waals surface area contributed by atoms with Gasteiger partial charge in [-0.25, -0.2) is 0 Å². The van der Waals surface area contributed by atoms with Gasteiger partial charge >= 0.3 is 5.97 Å². The number of nitrogens with zero attached hydrogens (tertiary/aromatic N) is 1. The van der Waals surface area contributed by atoms with Gasteiger partial charge in [-0.15, -0.1) is 6.58 Å². The van der Waals surface area contributed by atoms with E-state index in [9.17, 15) is 9.59 Å². The molecule has 5 heteroatoms. The number of hydrogen-bond donors (Lipinski definition) is 2. The maximum atomic E-state index is 12.1. The number of nitrogens with two attached hydrogens (primary N) is 1. The van der Waals surface area contributed by atoms with Crippen LogP contribution in [0.15, 0.2) is 36.9 Å². The Bertz CT molecular complexity index is 454. The normalized spacial score (nSPS) is 9.95. The van der Waals surface area contributed by atoms with Gasteiger partial charge in [0.1, 0.15) is 6.54 Å². The number of carbonyl (C=O) groups excluding carboxylic acids is 1. The molecule has 0 saturated heterocycles. The molecule has 0 aliphatic carbocycles. The second-order valence-corrected chi connectivity index (χ2v) is 4.10. The van der Waals surface area contributed by atoms with Gasteiger partial charge in [-0.1, -0.05) is 18.2 Å². The number of aliphatic carboxylic acids is 1. The monoisotopic (exact) mass is 262 g/mol. The quantitative estimate of drug-likeness (QED) is 0.715. The highest BCUT2D eigenvalue weighted by Gasteiger charge is 2.17. The molecule has 5 nitrogen and oxygen atoms in total. The predicted octanol–water partition coefficient (Wildman–Crippen LogP) is 0.901. The van der Waals surface area contributed by atoms with Gasteiger partial charge in [0.2, 0.25) is 0 Å². The van der Waals surface area contributed by atoms with E-state index in [0.717, 1.165) is 12.0 Å². The lowest BCUT2D eigenvalue weighted by atomic mass is 10.1. The zero-order valence-corrected chi connectivity index (χ0v) is 10.7. The second kappa shape index (κ2) is 7.33. The smallest absolute Gasteiger partial charge is 0.323 e. The van der Waals surface area contributed by atoms with E-state index in [1.165, 1.54) is 11.0 Å². The maximum Gasteiger partial charge on any atom is 0.323 e. The van der Waals surface area contributed by atoms with Gasteiger partial charge in [-0.2, -0.15) is 0 Å². The van der Waals surface area contributed by atoms with Crippen molar-refractivity contribution >= 4 is 11.9 Å². The third kappa shape index (κ3) is 4.56. The van der Waals surface area contributed by atoms with Crippen molar-refractivity contribution in [2.45, 2.75) is 6.42 Å². The second-order valence-electron chi connectivity index (χ2n) is 4.10. The van der Waals surface area contributed by atoms with Crippen molar-refractivity contribution in [3.63, 3.8) is 0 Å². The van der Waals surface area contributed by atoms with Gasteiger partial charge in [0.15, 0.2) is 0 Å². The standard InChI is InChI=1S/C14H18N2O3/c1-2-9-16(10-13(17)18)14(19)12-5-3-11(4-6-12)7-8-15/h2-6H,1,7-10,15H2,(H,17,18). The van der Waals surface area contributed by atoms with Crippen LogP contribution >= 0.6 is 0 Å². The predicted molar refractivity (Wildman–Crippen MR) is 72.9 cm³/mol. The number of benzene rings is 1. The van der Waals surface area contributed by atoms with Crippen molar-refractivity contribution in [3.05, 3.63) is 48.0 Å². The third-order valence-corrected chi connectivity index (χ3v) is 2.60. The number of carboxylic acids is 1. The van der Waals surface area contributed by atoms with Gasteiger partial charge in [0.05, 0.1) is 0 Å². The fourth-order valence-electron chi connectivity index (χ4n) is 1.70. The SMILES string of the molecule is C=CCN(CC(=O)O)C(=O)c1ccc(CCN)cc1. The topological polar surface area (TPSA) is 83.6 Å². The van der Waals surface area contributed by atoms with Gasteiger partial charge in [-0.05, 0) is 30.7 Å². The molecule has 1 aromatic rings. The molecular weight excluding hydrogens is 244 g/mol. The average molecular weight is 262 g/mol. The molecule has 19 heavy (non-hydrogen) atoms. The molecule has 0 atom stereocenters. The van der Waals surface area contributed by atoms with Crippen LogP contribution in [0.5, 0.6) is 0 Å². The zero-order valence-electron chi connectivity index (χ0n) is 10.7. The highest BCUT2D eigenvalue weighted by molar-refractivity contribution is 5.96. The molecule has 1 aromatic carbocycles. The summed E-state index contributed by atoms with van der Waals surface area (Å²) in [5.41, 5.74) is 6.96. The van der Waals surface area contributed by atoms with E-state index < -0.39 is 5.97 Å². The Kier molecular flexibility index (Phi) is 5.75. The first-order valence-corrected chi connectivity index (χ1v) is 5.99. The average Bonchev–Trinajstić information content (AvgIpc) is 2.38. The van der Waals surface area contributed by atoms with Gasteiger partial charge in [0, 0.05) is 12.1 Å². The lowest BCUT2D eigenvalue weighted by molar-refractivity contribution is -0.137. The van der Waals surface area contributed by atoms with E-state index in [1.54, 1.807) is 12.1 Å². The summed E-state index contributed by atoms with van der Waals surface area (Å²) in [5, 5.41) is 8.78. The van der Waals surface area contributed by atoms with Gasteiger partial charge in [0.25, 0.3) is 5.91 Å². The molecule has 0 saturated carbocycles. The number of hydrogen-bond acceptors (Lipinski definition) is 3. The molecule has 0 unspecified atom stereocenters. The first-order chi connectivity index (χ1) is 9.08. The minimum atomic E-state index is -1.05. The van der Waals surface area contributed by atoms with Crippen LogP contribution in [0, 0.1) is 0 Å². The van der Waals surface area contributed by atoms with Crippen LogP contribution in [-0.2, 0) is 11.2 Å². The van der Waals surface area contributed by atoms with Crippen molar-refractivity contribution in [2.75, 3.05) is 19.6 Å². The molecule has 0 radical (unpaired) electrons. The first-order valence-electron chi connectivity index (χ1n) is 5.99. The summed E-state index contributed by atoms with van der Waals surface area (Å²) in [7, 11) is 0. The van der Waals surface area contributed by atoms with Crippen molar-refractivity contribution in [1.82, 2.24) is 4.90 Å². The summed E-state index contributed by atoms with van der Waals surface area (Å²) in [6.45, 7) is 3.94. The molecule has 102 valence electrons. The number of carbonyl (C=O) groups is 2. The van der Waals surface area contributed by atoms with Crippen molar-refractivity contribution in [1.29, 1.82) is 0 Å². The first kappa shape index (κ1) is 14.9. The number of amides is 1. The van der Waals surface area contributed by atoms with Crippen LogP contribution in [0.1, 0.15) is 15.9 Å². The van der Waals surface area contributed by atoms with Crippen LogP contribution in [0.3, 0.4) is 0 Å². The van der Waals surface area contributed by atoms with E-state index in [-0.39, 0.29) is 19.0 Å². The summed E-state index contributed by atoms with van der Waals surface area (Å²) in [6.07, 6.45) is 2.25. The summed E-state index contributed by atoms with van der Waals surface area (Å²) >= 11 is 0. The molecule has 0 aromatic heterocycles. The Morgan fingerprint density at radius 2 is 1.95 bits per heavy atom. The third-order valence-electron chi connectivity index (χ3n) is 2.60. The van der Waals surface area contributed by atoms with E-state index >= 15 is 0 Å². The number of carboxylic acid groups (broad SMARTS) is 1. The van der Waals surface area contributed by atoms with Crippen LogP contribution in [0.4, 0.5) is 0 Å². The van der Waals surface area contributed by atoms with E-state index in [2.05, 4.69) is 6.58 Å². The summed E-state index contributed by atoms with van der Waals surface area (Å²) in [5.74, 6) is -1.36.